The minimum Gasteiger partial charge on any atom is -0.481 e. The zero-order chi connectivity index (χ0) is 28.6. The fraction of sp³-hybridized carbons (Fsp3) is 0.480. The number of carbonyl (C=O) groups excluding carboxylic acids is 3. The van der Waals surface area contributed by atoms with Gasteiger partial charge in [0.05, 0.1) is 18.6 Å². The number of aliphatic hydroxyl groups is 1. The lowest BCUT2D eigenvalue weighted by Crippen LogP contribution is -2.60. The van der Waals surface area contributed by atoms with E-state index in [0.29, 0.717) is 12.0 Å². The molecule has 0 spiro atoms. The number of carboxylic acids is 2. The lowest BCUT2D eigenvalue weighted by atomic mass is 9.98. The normalized spacial score (nSPS) is 15.9. The zero-order valence-corrected chi connectivity index (χ0v) is 21.4. The summed E-state index contributed by atoms with van der Waals surface area (Å²) in [5.41, 5.74) is 7.27. The van der Waals surface area contributed by atoms with Gasteiger partial charge in [-0.1, -0.05) is 38.5 Å². The van der Waals surface area contributed by atoms with E-state index >= 15 is 0 Å². The highest BCUT2D eigenvalue weighted by Gasteiger charge is 2.34. The number of para-hydroxylation sites is 1. The summed E-state index contributed by atoms with van der Waals surface area (Å²) in [5, 5.41) is 36.6. The Kier molecular flexibility index (Phi) is 10.8. The number of aliphatic hydroxyl groups excluding tert-OH is 1. The number of amides is 3. The van der Waals surface area contributed by atoms with E-state index in [9.17, 15) is 39.3 Å². The highest BCUT2D eigenvalue weighted by atomic mass is 16.4. The summed E-state index contributed by atoms with van der Waals surface area (Å²) in [6, 6.07) is 1.54. The molecule has 1 aromatic heterocycles. The minimum atomic E-state index is -1.69. The number of aromatic nitrogens is 1. The molecule has 0 radical (unpaired) electrons. The van der Waals surface area contributed by atoms with E-state index in [1.807, 2.05) is 6.92 Å². The van der Waals surface area contributed by atoms with Gasteiger partial charge in [0.25, 0.3) is 0 Å². The van der Waals surface area contributed by atoms with Crippen LogP contribution in [0.1, 0.15) is 39.2 Å². The summed E-state index contributed by atoms with van der Waals surface area (Å²) in [7, 11) is 0. The van der Waals surface area contributed by atoms with Crippen LogP contribution in [0.4, 0.5) is 0 Å². The fourth-order valence-corrected chi connectivity index (χ4v) is 3.81. The van der Waals surface area contributed by atoms with Gasteiger partial charge in [-0.3, -0.25) is 19.2 Å². The van der Waals surface area contributed by atoms with Crippen molar-refractivity contribution in [1.29, 1.82) is 0 Å². The van der Waals surface area contributed by atoms with E-state index in [4.69, 9.17) is 5.73 Å². The van der Waals surface area contributed by atoms with Gasteiger partial charge in [-0.15, -0.1) is 0 Å². The first kappa shape index (κ1) is 30.3. The smallest absolute Gasteiger partial charge is 0.326 e. The number of rotatable bonds is 14. The van der Waals surface area contributed by atoms with Gasteiger partial charge in [-0.05, 0) is 24.5 Å². The highest BCUT2D eigenvalue weighted by molar-refractivity contribution is 5.96. The lowest BCUT2D eigenvalue weighted by Gasteiger charge is -2.27. The number of fused-ring (bicyclic) bond motifs is 1. The van der Waals surface area contributed by atoms with Gasteiger partial charge in [0.2, 0.25) is 17.7 Å². The van der Waals surface area contributed by atoms with Crippen molar-refractivity contribution in [1.82, 2.24) is 20.9 Å². The topological polar surface area (TPSA) is 224 Å². The van der Waals surface area contributed by atoms with E-state index in [2.05, 4.69) is 20.9 Å². The van der Waals surface area contributed by atoms with Crippen molar-refractivity contribution in [2.24, 2.45) is 11.7 Å². The molecule has 0 aliphatic carbocycles. The molecule has 0 bridgehead atoms. The van der Waals surface area contributed by atoms with Crippen LogP contribution < -0.4 is 21.7 Å². The van der Waals surface area contributed by atoms with Crippen LogP contribution in [0.3, 0.4) is 0 Å². The van der Waals surface area contributed by atoms with Crippen molar-refractivity contribution >= 4 is 40.6 Å². The second-order valence-corrected chi connectivity index (χ2v) is 9.26. The number of hydrogen-bond donors (Lipinski definition) is 8. The maximum absolute atomic E-state index is 12.9. The third-order valence-corrected chi connectivity index (χ3v) is 6.35. The van der Waals surface area contributed by atoms with Crippen molar-refractivity contribution in [3.63, 3.8) is 0 Å². The standard InChI is InChI=1S/C25H35N5O8/c1-4-12(2)20(26)23(35)30-21(13(3)31)24(36)28-17(10-19(32)33)22(34)29-18(25(37)38)9-14-11-27-16-8-6-5-7-15(14)16/h5-8,11-13,17-18,20-21,27,31H,4,9-10,26H2,1-3H3,(H,28,36)(H,29,34)(H,30,35)(H,32,33)(H,37,38). The van der Waals surface area contributed by atoms with Gasteiger partial charge in [0.1, 0.15) is 18.1 Å². The molecule has 1 aromatic carbocycles. The second kappa shape index (κ2) is 13.5. The first-order valence-corrected chi connectivity index (χ1v) is 12.2. The van der Waals surface area contributed by atoms with Gasteiger partial charge in [0.15, 0.2) is 0 Å². The Labute approximate surface area is 219 Å². The quantitative estimate of drug-likeness (QED) is 0.156. The number of carbonyl (C=O) groups is 5. The molecule has 13 nitrogen and oxygen atoms in total. The molecular weight excluding hydrogens is 498 g/mol. The zero-order valence-electron chi connectivity index (χ0n) is 21.4. The lowest BCUT2D eigenvalue weighted by molar-refractivity contribution is -0.143. The van der Waals surface area contributed by atoms with Crippen LogP contribution >= 0.6 is 0 Å². The number of nitrogens with one attached hydrogen (secondary N) is 4. The van der Waals surface area contributed by atoms with Crippen LogP contribution in [0.2, 0.25) is 0 Å². The molecule has 208 valence electrons. The van der Waals surface area contributed by atoms with Crippen molar-refractivity contribution in [2.75, 3.05) is 0 Å². The van der Waals surface area contributed by atoms with Crippen molar-refractivity contribution in [3.8, 4) is 0 Å². The largest absolute Gasteiger partial charge is 0.481 e. The van der Waals surface area contributed by atoms with E-state index in [1.165, 1.54) is 6.92 Å². The summed E-state index contributed by atoms with van der Waals surface area (Å²) < 4.78 is 0. The molecule has 13 heteroatoms. The number of hydrogen-bond acceptors (Lipinski definition) is 7. The average Bonchev–Trinajstić information content (AvgIpc) is 3.27. The Morgan fingerprint density at radius 2 is 1.58 bits per heavy atom. The molecule has 1 heterocycles. The maximum atomic E-state index is 12.9. The van der Waals surface area contributed by atoms with Crippen LogP contribution in [0.15, 0.2) is 30.5 Å². The fourth-order valence-electron chi connectivity index (χ4n) is 3.81. The van der Waals surface area contributed by atoms with Gasteiger partial charge < -0.3 is 42.0 Å². The first-order chi connectivity index (χ1) is 17.8. The molecule has 6 unspecified atom stereocenters. The molecule has 0 aliphatic heterocycles. The molecule has 0 aliphatic rings. The Morgan fingerprint density at radius 1 is 0.947 bits per heavy atom. The van der Waals surface area contributed by atoms with E-state index in [-0.39, 0.29) is 12.3 Å². The van der Waals surface area contributed by atoms with E-state index in [1.54, 1.807) is 37.4 Å². The summed E-state index contributed by atoms with van der Waals surface area (Å²) in [6.45, 7) is 4.80. The third kappa shape index (κ3) is 8.02. The number of carboxylic acid groups (broad SMARTS) is 2. The summed E-state index contributed by atoms with van der Waals surface area (Å²) in [4.78, 5) is 64.6. The van der Waals surface area contributed by atoms with Crippen LogP contribution in [0.25, 0.3) is 10.9 Å². The van der Waals surface area contributed by atoms with Gasteiger partial charge in [-0.2, -0.15) is 0 Å². The monoisotopic (exact) mass is 533 g/mol. The number of aliphatic carboxylic acids is 2. The first-order valence-electron chi connectivity index (χ1n) is 12.2. The van der Waals surface area contributed by atoms with Crippen molar-refractivity contribution < 1.29 is 39.3 Å². The predicted octanol–water partition coefficient (Wildman–Crippen LogP) is -0.522. The third-order valence-electron chi connectivity index (χ3n) is 6.35. The van der Waals surface area contributed by atoms with Crippen LogP contribution in [0, 0.1) is 5.92 Å². The van der Waals surface area contributed by atoms with Crippen LogP contribution in [-0.4, -0.2) is 80.2 Å². The number of H-pyrrole nitrogens is 1. The highest BCUT2D eigenvalue weighted by Crippen LogP contribution is 2.19. The Balaban J connectivity index is 2.18. The van der Waals surface area contributed by atoms with E-state index < -0.39 is 66.4 Å². The summed E-state index contributed by atoms with van der Waals surface area (Å²) in [5.74, 6) is -5.82. The van der Waals surface area contributed by atoms with Gasteiger partial charge in [-0.25, -0.2) is 4.79 Å². The van der Waals surface area contributed by atoms with Crippen LogP contribution in [0.5, 0.6) is 0 Å². The van der Waals surface area contributed by atoms with E-state index in [0.717, 1.165) is 10.9 Å². The number of aromatic amines is 1. The Bertz CT molecular complexity index is 1160. The number of nitrogens with two attached hydrogens (primary N) is 1. The molecule has 6 atom stereocenters. The average molecular weight is 534 g/mol. The van der Waals surface area contributed by atoms with Gasteiger partial charge in [0, 0.05) is 23.5 Å². The Morgan fingerprint density at radius 3 is 2.16 bits per heavy atom. The molecule has 0 saturated carbocycles. The molecular formula is C25H35N5O8. The molecule has 0 saturated heterocycles. The molecule has 38 heavy (non-hydrogen) atoms. The predicted molar refractivity (Wildman–Crippen MR) is 137 cm³/mol. The summed E-state index contributed by atoms with van der Waals surface area (Å²) in [6.07, 6.45) is -0.193. The van der Waals surface area contributed by atoms with Crippen molar-refractivity contribution in [3.05, 3.63) is 36.0 Å². The number of benzene rings is 1. The van der Waals surface area contributed by atoms with Gasteiger partial charge >= 0.3 is 11.9 Å². The molecule has 0 fully saturated rings. The maximum Gasteiger partial charge on any atom is 0.326 e. The second-order valence-electron chi connectivity index (χ2n) is 9.26. The Hall–Kier alpha value is -3.97. The molecule has 2 aromatic rings. The van der Waals surface area contributed by atoms with Crippen molar-refractivity contribution in [2.45, 2.75) is 70.3 Å². The minimum absolute atomic E-state index is 0.112. The molecule has 9 N–H and O–H groups in total. The molecule has 2 rings (SSSR count). The SMILES string of the molecule is CCC(C)C(N)C(=O)NC(C(=O)NC(CC(=O)O)C(=O)NC(Cc1c[nH]c2ccccc12)C(=O)O)C(C)O. The molecule has 3 amide bonds. The van der Waals surface area contributed by atoms with Crippen LogP contribution in [-0.2, 0) is 30.4 Å². The summed E-state index contributed by atoms with van der Waals surface area (Å²) >= 11 is 0.